The maximum absolute atomic E-state index is 12.8. The summed E-state index contributed by atoms with van der Waals surface area (Å²) in [5.74, 6) is 0.753. The molecule has 136 valence electrons. The van der Waals surface area contributed by atoms with E-state index in [0.717, 1.165) is 25.3 Å². The Balaban J connectivity index is 1.40. The first kappa shape index (κ1) is 16.8. The summed E-state index contributed by atoms with van der Waals surface area (Å²) in [6.07, 6.45) is 6.42. The van der Waals surface area contributed by atoms with E-state index in [1.807, 2.05) is 0 Å². The Hall–Kier alpha value is -1.67. The predicted octanol–water partition coefficient (Wildman–Crippen LogP) is 1.87. The fourth-order valence-corrected chi connectivity index (χ4v) is 5.85. The van der Waals surface area contributed by atoms with E-state index in [0.29, 0.717) is 17.8 Å². The number of hydrogen-bond acceptors (Lipinski definition) is 6. The van der Waals surface area contributed by atoms with Gasteiger partial charge in [0, 0.05) is 5.41 Å². The molecule has 0 spiro atoms. The second kappa shape index (κ2) is 5.67. The van der Waals surface area contributed by atoms with Gasteiger partial charge < -0.3 is 9.15 Å². The number of nitrogens with two attached hydrogens (primary N) is 1. The number of ketones is 1. The Morgan fingerprint density at radius 3 is 2.16 bits per heavy atom. The summed E-state index contributed by atoms with van der Waals surface area (Å²) in [5.41, 5.74) is -0.329. The van der Waals surface area contributed by atoms with Gasteiger partial charge in [-0.2, -0.15) is 0 Å². The molecule has 0 unspecified atom stereocenters. The molecule has 4 saturated carbocycles. The minimum atomic E-state index is -4.02. The number of carbonyl (C=O) groups is 2. The summed E-state index contributed by atoms with van der Waals surface area (Å²) in [5, 5.41) is 4.43. The quantitative estimate of drug-likeness (QED) is 0.794. The van der Waals surface area contributed by atoms with Crippen LogP contribution in [0.3, 0.4) is 0 Å². The van der Waals surface area contributed by atoms with Crippen molar-refractivity contribution < 1.29 is 27.2 Å². The van der Waals surface area contributed by atoms with Crippen molar-refractivity contribution >= 4 is 21.8 Å². The largest absolute Gasteiger partial charge is 0.452 e. The van der Waals surface area contributed by atoms with Gasteiger partial charge in [0.1, 0.15) is 0 Å². The number of rotatable bonds is 5. The fraction of sp³-hybridized carbons (Fsp3) is 0.647. The van der Waals surface area contributed by atoms with Crippen LogP contribution in [0.4, 0.5) is 0 Å². The summed E-state index contributed by atoms with van der Waals surface area (Å²) < 4.78 is 32.3. The van der Waals surface area contributed by atoms with Crippen LogP contribution in [0.2, 0.25) is 0 Å². The van der Waals surface area contributed by atoms with E-state index >= 15 is 0 Å². The van der Waals surface area contributed by atoms with Gasteiger partial charge in [-0.05, 0) is 68.4 Å². The lowest BCUT2D eigenvalue weighted by atomic mass is 9.48. The van der Waals surface area contributed by atoms with E-state index in [4.69, 9.17) is 14.3 Å². The lowest BCUT2D eigenvalue weighted by Gasteiger charge is -2.55. The standard InChI is InChI=1S/C17H21NO6S/c18-25(21,22)15-2-1-13(24-15)16(20)23-9-14(19)17-6-10-3-11(7-17)5-12(4-10)8-17/h1-2,10-12H,3-9H2,(H2,18,21,22). The maximum atomic E-state index is 12.8. The predicted molar refractivity (Wildman–Crippen MR) is 86.0 cm³/mol. The summed E-state index contributed by atoms with van der Waals surface area (Å²) in [6.45, 7) is -0.295. The van der Waals surface area contributed by atoms with E-state index in [-0.39, 0.29) is 23.6 Å². The van der Waals surface area contributed by atoms with Crippen LogP contribution in [-0.2, 0) is 19.6 Å². The van der Waals surface area contributed by atoms with Crippen molar-refractivity contribution in [3.8, 4) is 0 Å². The van der Waals surface area contributed by atoms with Crippen LogP contribution in [0.1, 0.15) is 49.1 Å². The molecule has 0 radical (unpaired) electrons. The van der Waals surface area contributed by atoms with Crippen molar-refractivity contribution in [3.63, 3.8) is 0 Å². The Labute approximate surface area is 145 Å². The first-order chi connectivity index (χ1) is 11.7. The van der Waals surface area contributed by atoms with E-state index in [1.165, 1.54) is 25.3 Å². The molecule has 4 aliphatic rings. The van der Waals surface area contributed by atoms with Crippen molar-refractivity contribution in [2.24, 2.45) is 28.3 Å². The Bertz CT molecular complexity index is 789. The van der Waals surface area contributed by atoms with Crippen LogP contribution in [0, 0.1) is 23.2 Å². The van der Waals surface area contributed by atoms with Gasteiger partial charge in [0.15, 0.2) is 12.4 Å². The van der Waals surface area contributed by atoms with Crippen molar-refractivity contribution in [1.29, 1.82) is 0 Å². The summed E-state index contributed by atoms with van der Waals surface area (Å²) in [6, 6.07) is 2.27. The fourth-order valence-electron chi connectivity index (χ4n) is 5.39. The Morgan fingerprint density at radius 1 is 1.12 bits per heavy atom. The average Bonchev–Trinajstić information content (AvgIpc) is 3.01. The number of sulfonamides is 1. The summed E-state index contributed by atoms with van der Waals surface area (Å²) in [7, 11) is -4.02. The molecule has 0 atom stereocenters. The SMILES string of the molecule is NS(=O)(=O)c1ccc(C(=O)OCC(=O)C23CC4CC(CC(C4)C2)C3)o1. The molecule has 0 amide bonds. The first-order valence-electron chi connectivity index (χ1n) is 8.58. The number of carbonyl (C=O) groups excluding carboxylic acids is 2. The molecule has 4 aliphatic carbocycles. The van der Waals surface area contributed by atoms with Gasteiger partial charge in [-0.1, -0.05) is 0 Å². The smallest absolute Gasteiger partial charge is 0.374 e. The van der Waals surface area contributed by atoms with Crippen LogP contribution in [0.5, 0.6) is 0 Å². The number of primary sulfonamides is 1. The highest BCUT2D eigenvalue weighted by Crippen LogP contribution is 2.60. The molecule has 4 bridgehead atoms. The van der Waals surface area contributed by atoms with E-state index < -0.39 is 21.1 Å². The van der Waals surface area contributed by atoms with Crippen LogP contribution < -0.4 is 5.14 Å². The Morgan fingerprint density at radius 2 is 1.68 bits per heavy atom. The molecule has 5 rings (SSSR count). The molecule has 4 fully saturated rings. The summed E-state index contributed by atoms with van der Waals surface area (Å²) in [4.78, 5) is 24.8. The van der Waals surface area contributed by atoms with Gasteiger partial charge in [-0.25, -0.2) is 18.4 Å². The van der Waals surface area contributed by atoms with E-state index in [2.05, 4.69) is 0 Å². The number of ether oxygens (including phenoxy) is 1. The van der Waals surface area contributed by atoms with Crippen molar-refractivity contribution in [3.05, 3.63) is 17.9 Å². The molecule has 0 saturated heterocycles. The van der Waals surface area contributed by atoms with Gasteiger partial charge in [-0.15, -0.1) is 0 Å². The van der Waals surface area contributed by atoms with Crippen LogP contribution in [0.25, 0.3) is 0 Å². The molecule has 1 aromatic rings. The highest BCUT2D eigenvalue weighted by Gasteiger charge is 2.54. The molecule has 1 heterocycles. The second-order valence-electron chi connectivity index (χ2n) is 7.86. The third-order valence-corrected chi connectivity index (χ3v) is 6.81. The van der Waals surface area contributed by atoms with Gasteiger partial charge in [-0.3, -0.25) is 4.79 Å². The number of Topliss-reactive ketones (excluding diaryl/α,β-unsaturated/α-hetero) is 1. The molecular formula is C17H21NO6S. The lowest BCUT2D eigenvalue weighted by molar-refractivity contribution is -0.147. The molecular weight excluding hydrogens is 346 g/mol. The summed E-state index contributed by atoms with van der Waals surface area (Å²) >= 11 is 0. The van der Waals surface area contributed by atoms with E-state index in [9.17, 15) is 18.0 Å². The van der Waals surface area contributed by atoms with Gasteiger partial charge in [0.2, 0.25) is 10.9 Å². The third-order valence-electron chi connectivity index (χ3n) is 6.03. The van der Waals surface area contributed by atoms with Crippen molar-refractivity contribution in [1.82, 2.24) is 0 Å². The first-order valence-corrected chi connectivity index (χ1v) is 10.1. The molecule has 25 heavy (non-hydrogen) atoms. The molecule has 1 aromatic heterocycles. The van der Waals surface area contributed by atoms with Crippen molar-refractivity contribution in [2.45, 2.75) is 43.6 Å². The zero-order valence-corrected chi connectivity index (χ0v) is 14.6. The van der Waals surface area contributed by atoms with Crippen LogP contribution >= 0.6 is 0 Å². The number of hydrogen-bond donors (Lipinski definition) is 1. The average molecular weight is 367 g/mol. The highest BCUT2D eigenvalue weighted by molar-refractivity contribution is 7.89. The topological polar surface area (TPSA) is 117 Å². The molecule has 2 N–H and O–H groups in total. The molecule has 8 heteroatoms. The lowest BCUT2D eigenvalue weighted by Crippen LogP contribution is -2.51. The monoisotopic (exact) mass is 367 g/mol. The maximum Gasteiger partial charge on any atom is 0.374 e. The second-order valence-corrected chi connectivity index (χ2v) is 9.35. The van der Waals surface area contributed by atoms with Crippen LogP contribution in [0.15, 0.2) is 21.6 Å². The minimum absolute atomic E-state index is 0.0156. The van der Waals surface area contributed by atoms with Gasteiger partial charge in [0.25, 0.3) is 10.0 Å². The molecule has 0 aliphatic heterocycles. The molecule has 0 aromatic carbocycles. The van der Waals surface area contributed by atoms with Gasteiger partial charge >= 0.3 is 5.97 Å². The third kappa shape index (κ3) is 3.01. The normalized spacial score (nSPS) is 33.4. The number of esters is 1. The highest BCUT2D eigenvalue weighted by atomic mass is 32.2. The molecule has 7 nitrogen and oxygen atoms in total. The van der Waals surface area contributed by atoms with Gasteiger partial charge in [0.05, 0.1) is 0 Å². The zero-order chi connectivity index (χ0) is 17.8. The van der Waals surface area contributed by atoms with Crippen molar-refractivity contribution in [2.75, 3.05) is 6.61 Å². The Kier molecular flexibility index (Phi) is 3.81. The minimum Gasteiger partial charge on any atom is -0.452 e. The van der Waals surface area contributed by atoms with Crippen LogP contribution in [-0.4, -0.2) is 26.8 Å². The van der Waals surface area contributed by atoms with E-state index in [1.54, 1.807) is 0 Å². The number of furan rings is 1. The zero-order valence-electron chi connectivity index (χ0n) is 13.8.